The predicted molar refractivity (Wildman–Crippen MR) is 83.4 cm³/mol. The van der Waals surface area contributed by atoms with Crippen LogP contribution in [0.15, 0.2) is 29.0 Å². The summed E-state index contributed by atoms with van der Waals surface area (Å²) >= 11 is 7.62. The van der Waals surface area contributed by atoms with E-state index in [9.17, 15) is 4.79 Å². The number of hydrogen-bond donors (Lipinski definition) is 1. The van der Waals surface area contributed by atoms with Crippen molar-refractivity contribution in [1.29, 1.82) is 0 Å². The summed E-state index contributed by atoms with van der Waals surface area (Å²) in [6.45, 7) is 6.64. The average molecular weight is 309 g/mol. The molecule has 0 unspecified atom stereocenters. The van der Waals surface area contributed by atoms with Gasteiger partial charge in [-0.1, -0.05) is 32.4 Å². The number of carbonyl (C=O) groups is 1. The summed E-state index contributed by atoms with van der Waals surface area (Å²) in [4.78, 5) is 16.5. The topological polar surface area (TPSA) is 42.0 Å². The van der Waals surface area contributed by atoms with Crippen molar-refractivity contribution in [2.24, 2.45) is 0 Å². The lowest BCUT2D eigenvalue weighted by Crippen LogP contribution is -2.24. The zero-order chi connectivity index (χ0) is 14.8. The number of amides is 1. The van der Waals surface area contributed by atoms with Crippen LogP contribution in [0, 0.1) is 0 Å². The SMILES string of the molecule is CC(C)(C)c1cc(C(=O)NCc2ccsc2)cc(Cl)n1. The highest BCUT2D eigenvalue weighted by atomic mass is 35.5. The molecule has 5 heteroatoms. The zero-order valence-electron chi connectivity index (χ0n) is 11.7. The van der Waals surface area contributed by atoms with Gasteiger partial charge in [-0.15, -0.1) is 0 Å². The lowest BCUT2D eigenvalue weighted by molar-refractivity contribution is 0.0950. The number of hydrogen-bond acceptors (Lipinski definition) is 3. The first-order valence-corrected chi connectivity index (χ1v) is 7.65. The van der Waals surface area contributed by atoms with Crippen molar-refractivity contribution in [2.75, 3.05) is 0 Å². The van der Waals surface area contributed by atoms with Gasteiger partial charge in [0.2, 0.25) is 0 Å². The number of carbonyl (C=O) groups excluding carboxylic acids is 1. The average Bonchev–Trinajstić information content (AvgIpc) is 2.87. The number of halogens is 1. The Morgan fingerprint density at radius 1 is 1.40 bits per heavy atom. The lowest BCUT2D eigenvalue weighted by atomic mass is 9.91. The van der Waals surface area contributed by atoms with Crippen LogP contribution in [0.5, 0.6) is 0 Å². The van der Waals surface area contributed by atoms with Gasteiger partial charge >= 0.3 is 0 Å². The van der Waals surface area contributed by atoms with Gasteiger partial charge in [-0.25, -0.2) is 4.98 Å². The molecular weight excluding hydrogens is 292 g/mol. The number of rotatable bonds is 3. The normalized spacial score (nSPS) is 11.4. The Kier molecular flexibility index (Phi) is 4.45. The second-order valence-electron chi connectivity index (χ2n) is 5.63. The maximum Gasteiger partial charge on any atom is 0.251 e. The van der Waals surface area contributed by atoms with Gasteiger partial charge in [0.05, 0.1) is 0 Å². The molecular formula is C15H17ClN2OS. The van der Waals surface area contributed by atoms with Crippen LogP contribution < -0.4 is 5.32 Å². The molecule has 1 N–H and O–H groups in total. The fraction of sp³-hybridized carbons (Fsp3) is 0.333. The van der Waals surface area contributed by atoms with Crippen molar-refractivity contribution in [3.05, 3.63) is 50.9 Å². The molecule has 0 spiro atoms. The fourth-order valence-corrected chi connectivity index (χ4v) is 2.57. The summed E-state index contributed by atoms with van der Waals surface area (Å²) in [6.07, 6.45) is 0. The first kappa shape index (κ1) is 15.0. The van der Waals surface area contributed by atoms with E-state index in [4.69, 9.17) is 11.6 Å². The smallest absolute Gasteiger partial charge is 0.251 e. The van der Waals surface area contributed by atoms with Gasteiger partial charge in [-0.2, -0.15) is 11.3 Å². The summed E-state index contributed by atoms with van der Waals surface area (Å²) in [6, 6.07) is 5.39. The monoisotopic (exact) mass is 308 g/mol. The van der Waals surface area contributed by atoms with E-state index in [1.807, 2.05) is 37.6 Å². The molecule has 0 saturated carbocycles. The third kappa shape index (κ3) is 3.81. The molecule has 2 heterocycles. The van der Waals surface area contributed by atoms with Gasteiger partial charge < -0.3 is 5.32 Å². The Morgan fingerprint density at radius 3 is 2.75 bits per heavy atom. The minimum Gasteiger partial charge on any atom is -0.348 e. The maximum absolute atomic E-state index is 12.2. The molecule has 0 aliphatic rings. The Hall–Kier alpha value is -1.39. The number of nitrogens with one attached hydrogen (secondary N) is 1. The van der Waals surface area contributed by atoms with E-state index >= 15 is 0 Å². The predicted octanol–water partition coefficient (Wildman–Crippen LogP) is 4.02. The minimum absolute atomic E-state index is 0.133. The largest absolute Gasteiger partial charge is 0.348 e. The molecule has 0 radical (unpaired) electrons. The Morgan fingerprint density at radius 2 is 2.15 bits per heavy atom. The van der Waals surface area contributed by atoms with E-state index in [1.54, 1.807) is 23.5 Å². The molecule has 2 aromatic heterocycles. The first-order valence-electron chi connectivity index (χ1n) is 6.33. The van der Waals surface area contributed by atoms with E-state index in [2.05, 4.69) is 10.3 Å². The standard InChI is InChI=1S/C15H17ClN2OS/c1-15(2,3)12-6-11(7-13(16)18-12)14(19)17-8-10-4-5-20-9-10/h4-7,9H,8H2,1-3H3,(H,17,19). The summed E-state index contributed by atoms with van der Waals surface area (Å²) in [7, 11) is 0. The number of nitrogens with zero attached hydrogens (tertiary/aromatic N) is 1. The Labute approximate surface area is 128 Å². The molecule has 20 heavy (non-hydrogen) atoms. The maximum atomic E-state index is 12.2. The number of aromatic nitrogens is 1. The van der Waals surface area contributed by atoms with Crippen molar-refractivity contribution in [1.82, 2.24) is 10.3 Å². The van der Waals surface area contributed by atoms with Crippen molar-refractivity contribution in [3.8, 4) is 0 Å². The van der Waals surface area contributed by atoms with Crippen LogP contribution in [0.3, 0.4) is 0 Å². The highest BCUT2D eigenvalue weighted by Gasteiger charge is 2.18. The summed E-state index contributed by atoms with van der Waals surface area (Å²) in [5, 5.41) is 7.24. The van der Waals surface area contributed by atoms with E-state index in [0.717, 1.165) is 11.3 Å². The molecule has 0 bridgehead atoms. The van der Waals surface area contributed by atoms with Crippen LogP contribution in [-0.4, -0.2) is 10.9 Å². The fourth-order valence-electron chi connectivity index (χ4n) is 1.69. The highest BCUT2D eigenvalue weighted by Crippen LogP contribution is 2.23. The summed E-state index contributed by atoms with van der Waals surface area (Å²) in [5.74, 6) is -0.133. The van der Waals surface area contributed by atoms with Gasteiger partial charge in [0.25, 0.3) is 5.91 Å². The van der Waals surface area contributed by atoms with Crippen molar-refractivity contribution < 1.29 is 4.79 Å². The van der Waals surface area contributed by atoms with Gasteiger partial charge in [-0.05, 0) is 34.5 Å². The zero-order valence-corrected chi connectivity index (χ0v) is 13.3. The third-order valence-electron chi connectivity index (χ3n) is 2.86. The van der Waals surface area contributed by atoms with Crippen molar-refractivity contribution in [2.45, 2.75) is 32.7 Å². The second-order valence-corrected chi connectivity index (χ2v) is 6.80. The van der Waals surface area contributed by atoms with Crippen LogP contribution in [0.2, 0.25) is 5.15 Å². The molecule has 0 fully saturated rings. The molecule has 106 valence electrons. The number of pyridine rings is 1. The van der Waals surface area contributed by atoms with Crippen LogP contribution in [0.1, 0.15) is 42.4 Å². The van der Waals surface area contributed by atoms with Crippen LogP contribution in [0.4, 0.5) is 0 Å². The van der Waals surface area contributed by atoms with E-state index < -0.39 is 0 Å². The molecule has 0 saturated heterocycles. The molecule has 3 nitrogen and oxygen atoms in total. The summed E-state index contributed by atoms with van der Waals surface area (Å²) < 4.78 is 0. The lowest BCUT2D eigenvalue weighted by Gasteiger charge is -2.18. The number of thiophene rings is 1. The van der Waals surface area contributed by atoms with Crippen LogP contribution in [-0.2, 0) is 12.0 Å². The molecule has 1 amide bonds. The summed E-state index contributed by atoms with van der Waals surface area (Å²) in [5.41, 5.74) is 2.31. The second kappa shape index (κ2) is 5.94. The molecule has 0 atom stereocenters. The van der Waals surface area contributed by atoms with Gasteiger partial charge in [0.15, 0.2) is 0 Å². The van der Waals surface area contributed by atoms with E-state index in [0.29, 0.717) is 17.3 Å². The van der Waals surface area contributed by atoms with Crippen LogP contribution in [0.25, 0.3) is 0 Å². The molecule has 0 aromatic carbocycles. The van der Waals surface area contributed by atoms with E-state index in [-0.39, 0.29) is 11.3 Å². The molecule has 2 rings (SSSR count). The van der Waals surface area contributed by atoms with Crippen molar-refractivity contribution >= 4 is 28.8 Å². The molecule has 0 aliphatic heterocycles. The minimum atomic E-state index is -0.146. The Balaban J connectivity index is 2.15. The Bertz CT molecular complexity index is 603. The quantitative estimate of drug-likeness (QED) is 0.870. The van der Waals surface area contributed by atoms with Crippen molar-refractivity contribution in [3.63, 3.8) is 0 Å². The first-order chi connectivity index (χ1) is 9.36. The van der Waals surface area contributed by atoms with Gasteiger partial charge in [-0.3, -0.25) is 4.79 Å². The molecule has 0 aliphatic carbocycles. The molecule has 2 aromatic rings. The van der Waals surface area contributed by atoms with Crippen LogP contribution >= 0.6 is 22.9 Å². The van der Waals surface area contributed by atoms with Gasteiger partial charge in [0.1, 0.15) is 5.15 Å². The van der Waals surface area contributed by atoms with Gasteiger partial charge in [0, 0.05) is 23.2 Å². The van der Waals surface area contributed by atoms with E-state index in [1.165, 1.54) is 0 Å². The highest BCUT2D eigenvalue weighted by molar-refractivity contribution is 7.07. The third-order valence-corrected chi connectivity index (χ3v) is 3.78.